The van der Waals surface area contributed by atoms with Crippen LogP contribution >= 0.6 is 11.3 Å². The number of aromatic amines is 1. The molecule has 0 radical (unpaired) electrons. The zero-order chi connectivity index (χ0) is 18.5. The Morgan fingerprint density at radius 3 is 2.54 bits per heavy atom. The van der Waals surface area contributed by atoms with Crippen LogP contribution in [0, 0.1) is 20.8 Å². The number of urea groups is 1. The third-order valence-corrected chi connectivity index (χ3v) is 5.06. The maximum atomic E-state index is 12.0. The molecule has 0 aliphatic carbocycles. The van der Waals surface area contributed by atoms with E-state index < -0.39 is 0 Å². The number of amides is 2. The van der Waals surface area contributed by atoms with Crippen molar-refractivity contribution in [3.05, 3.63) is 45.7 Å². The molecule has 136 valence electrons. The van der Waals surface area contributed by atoms with Gasteiger partial charge >= 0.3 is 6.03 Å². The van der Waals surface area contributed by atoms with Crippen molar-refractivity contribution in [2.45, 2.75) is 33.6 Å². The Bertz CT molecular complexity index is 864. The van der Waals surface area contributed by atoms with Gasteiger partial charge in [0.05, 0.1) is 10.7 Å². The van der Waals surface area contributed by atoms with Crippen molar-refractivity contribution in [2.24, 2.45) is 0 Å². The Labute approximate surface area is 156 Å². The van der Waals surface area contributed by atoms with E-state index in [9.17, 15) is 4.79 Å². The van der Waals surface area contributed by atoms with Crippen LogP contribution in [-0.2, 0) is 6.42 Å². The van der Waals surface area contributed by atoms with Crippen molar-refractivity contribution in [3.63, 3.8) is 0 Å². The summed E-state index contributed by atoms with van der Waals surface area (Å²) in [6, 6.07) is 7.22. The number of carbonyl (C=O) groups is 1. The number of aromatic nitrogens is 4. The first-order chi connectivity index (χ1) is 12.5. The second kappa shape index (κ2) is 8.09. The third kappa shape index (κ3) is 4.66. The van der Waals surface area contributed by atoms with E-state index in [0.29, 0.717) is 12.4 Å². The average Bonchev–Trinajstić information content (AvgIpc) is 3.18. The van der Waals surface area contributed by atoms with E-state index in [1.165, 1.54) is 4.88 Å². The van der Waals surface area contributed by atoms with Crippen LogP contribution in [0.25, 0.3) is 11.4 Å². The van der Waals surface area contributed by atoms with Gasteiger partial charge in [0.15, 0.2) is 5.82 Å². The van der Waals surface area contributed by atoms with E-state index in [2.05, 4.69) is 37.7 Å². The highest BCUT2D eigenvalue weighted by molar-refractivity contribution is 7.11. The number of aryl methyl sites for hydroxylation is 4. The molecule has 0 saturated carbocycles. The minimum atomic E-state index is -0.210. The summed E-state index contributed by atoms with van der Waals surface area (Å²) in [5.41, 5.74) is 2.72. The van der Waals surface area contributed by atoms with Crippen molar-refractivity contribution >= 4 is 23.1 Å². The Morgan fingerprint density at radius 1 is 1.15 bits per heavy atom. The third-order valence-electron chi connectivity index (χ3n) is 3.92. The van der Waals surface area contributed by atoms with E-state index in [-0.39, 0.29) is 6.03 Å². The molecule has 2 aromatic heterocycles. The largest absolute Gasteiger partial charge is 0.338 e. The SMILES string of the molecule is Cc1nc(-c2ccc(NC(=O)NCCCc3nc(C)c(C)s3)cc2)n[nH]1. The fourth-order valence-corrected chi connectivity index (χ4v) is 3.41. The van der Waals surface area contributed by atoms with Gasteiger partial charge in [-0.2, -0.15) is 5.10 Å². The van der Waals surface area contributed by atoms with Crippen LogP contribution in [0.4, 0.5) is 10.5 Å². The summed E-state index contributed by atoms with van der Waals surface area (Å²) in [5.74, 6) is 1.41. The monoisotopic (exact) mass is 370 g/mol. The van der Waals surface area contributed by atoms with Crippen LogP contribution in [0.1, 0.15) is 27.8 Å². The molecule has 0 saturated heterocycles. The Hall–Kier alpha value is -2.74. The number of nitrogens with one attached hydrogen (secondary N) is 3. The van der Waals surface area contributed by atoms with Gasteiger partial charge in [-0.05, 0) is 51.5 Å². The molecular weight excluding hydrogens is 348 g/mol. The topological polar surface area (TPSA) is 95.6 Å². The minimum absolute atomic E-state index is 0.210. The normalized spacial score (nSPS) is 10.7. The Kier molecular flexibility index (Phi) is 5.62. The molecule has 0 atom stereocenters. The number of benzene rings is 1. The highest BCUT2D eigenvalue weighted by Crippen LogP contribution is 2.18. The van der Waals surface area contributed by atoms with Crippen LogP contribution in [0.5, 0.6) is 0 Å². The maximum Gasteiger partial charge on any atom is 0.319 e. The lowest BCUT2D eigenvalue weighted by Crippen LogP contribution is -2.29. The number of nitrogens with zero attached hydrogens (tertiary/aromatic N) is 3. The smallest absolute Gasteiger partial charge is 0.319 e. The van der Waals surface area contributed by atoms with Gasteiger partial charge in [-0.25, -0.2) is 14.8 Å². The lowest BCUT2D eigenvalue weighted by molar-refractivity contribution is 0.252. The first-order valence-electron chi connectivity index (χ1n) is 8.48. The number of thiazole rings is 1. The molecule has 3 rings (SSSR count). The fraction of sp³-hybridized carbons (Fsp3) is 0.333. The van der Waals surface area contributed by atoms with Gasteiger partial charge in [0.1, 0.15) is 5.82 Å². The molecule has 0 fully saturated rings. The number of hydrogen-bond acceptors (Lipinski definition) is 5. The van der Waals surface area contributed by atoms with Gasteiger partial charge < -0.3 is 10.6 Å². The minimum Gasteiger partial charge on any atom is -0.338 e. The summed E-state index contributed by atoms with van der Waals surface area (Å²) in [7, 11) is 0. The van der Waals surface area contributed by atoms with Crippen molar-refractivity contribution in [1.29, 1.82) is 0 Å². The van der Waals surface area contributed by atoms with Crippen molar-refractivity contribution in [1.82, 2.24) is 25.5 Å². The first-order valence-corrected chi connectivity index (χ1v) is 9.30. The van der Waals surface area contributed by atoms with Crippen molar-refractivity contribution in [3.8, 4) is 11.4 Å². The summed E-state index contributed by atoms with van der Waals surface area (Å²) in [6.07, 6.45) is 1.74. The second-order valence-electron chi connectivity index (χ2n) is 6.06. The number of anilines is 1. The van der Waals surface area contributed by atoms with Gasteiger partial charge in [-0.15, -0.1) is 11.3 Å². The number of rotatable bonds is 6. The van der Waals surface area contributed by atoms with E-state index in [1.807, 2.05) is 38.1 Å². The molecule has 3 N–H and O–H groups in total. The van der Waals surface area contributed by atoms with Gasteiger partial charge in [-0.1, -0.05) is 0 Å². The Balaban J connectivity index is 1.43. The van der Waals surface area contributed by atoms with Gasteiger partial charge in [-0.3, -0.25) is 5.10 Å². The van der Waals surface area contributed by atoms with E-state index >= 15 is 0 Å². The average molecular weight is 370 g/mol. The quantitative estimate of drug-likeness (QED) is 0.578. The van der Waals surface area contributed by atoms with Crippen LogP contribution < -0.4 is 10.6 Å². The highest BCUT2D eigenvalue weighted by atomic mass is 32.1. The predicted octanol–water partition coefficient (Wildman–Crippen LogP) is 3.61. The Morgan fingerprint density at radius 2 is 1.92 bits per heavy atom. The van der Waals surface area contributed by atoms with Gasteiger partial charge in [0, 0.05) is 29.1 Å². The summed E-state index contributed by atoms with van der Waals surface area (Å²) in [4.78, 5) is 22.0. The standard InChI is InChI=1S/C18H22N6OS/c1-11-12(2)26-16(20-11)5-4-10-19-18(25)22-15-8-6-14(7-9-15)17-21-13(3)23-24-17/h6-9H,4-5,10H2,1-3H3,(H2,19,22,25)(H,21,23,24). The molecule has 0 aliphatic heterocycles. The van der Waals surface area contributed by atoms with Crippen molar-refractivity contribution < 1.29 is 4.79 Å². The highest BCUT2D eigenvalue weighted by Gasteiger charge is 2.06. The predicted molar refractivity (Wildman–Crippen MR) is 103 cm³/mol. The molecule has 0 unspecified atom stereocenters. The molecule has 1 aromatic carbocycles. The molecule has 26 heavy (non-hydrogen) atoms. The van der Waals surface area contributed by atoms with E-state index in [4.69, 9.17) is 0 Å². The zero-order valence-electron chi connectivity index (χ0n) is 15.1. The lowest BCUT2D eigenvalue weighted by atomic mass is 10.2. The summed E-state index contributed by atoms with van der Waals surface area (Å²) >= 11 is 1.72. The summed E-state index contributed by atoms with van der Waals surface area (Å²) in [5, 5.41) is 13.8. The lowest BCUT2D eigenvalue weighted by Gasteiger charge is -2.07. The molecule has 0 bridgehead atoms. The van der Waals surface area contributed by atoms with Crippen LogP contribution in [0.3, 0.4) is 0 Å². The number of hydrogen-bond donors (Lipinski definition) is 3. The molecule has 0 aliphatic rings. The molecule has 7 nitrogen and oxygen atoms in total. The molecule has 8 heteroatoms. The van der Waals surface area contributed by atoms with E-state index in [1.54, 1.807) is 11.3 Å². The molecule has 2 amide bonds. The molecule has 0 spiro atoms. The molecule has 2 heterocycles. The van der Waals surface area contributed by atoms with Crippen LogP contribution in [0.15, 0.2) is 24.3 Å². The molecular formula is C18H22N6OS. The maximum absolute atomic E-state index is 12.0. The van der Waals surface area contributed by atoms with E-state index in [0.717, 1.165) is 40.6 Å². The van der Waals surface area contributed by atoms with Crippen molar-refractivity contribution in [2.75, 3.05) is 11.9 Å². The van der Waals surface area contributed by atoms with Gasteiger partial charge in [0.25, 0.3) is 0 Å². The number of carbonyl (C=O) groups excluding carboxylic acids is 1. The second-order valence-corrected chi connectivity index (χ2v) is 7.34. The number of H-pyrrole nitrogens is 1. The fourth-order valence-electron chi connectivity index (χ4n) is 2.44. The first kappa shape index (κ1) is 18.1. The summed E-state index contributed by atoms with van der Waals surface area (Å²) < 4.78 is 0. The molecule has 3 aromatic rings. The van der Waals surface area contributed by atoms with Gasteiger partial charge in [0.2, 0.25) is 0 Å². The van der Waals surface area contributed by atoms with Crippen LogP contribution in [-0.4, -0.2) is 32.7 Å². The summed E-state index contributed by atoms with van der Waals surface area (Å²) in [6.45, 7) is 6.57. The zero-order valence-corrected chi connectivity index (χ0v) is 15.9. The van der Waals surface area contributed by atoms with Crippen LogP contribution in [0.2, 0.25) is 0 Å².